The summed E-state index contributed by atoms with van der Waals surface area (Å²) in [5, 5.41) is 0. The van der Waals surface area contributed by atoms with Crippen LogP contribution in [-0.2, 0) is 6.61 Å². The van der Waals surface area contributed by atoms with Gasteiger partial charge in [0.25, 0.3) is 5.91 Å². The summed E-state index contributed by atoms with van der Waals surface area (Å²) in [6.07, 6.45) is 0. The van der Waals surface area contributed by atoms with Gasteiger partial charge in [0.15, 0.2) is 0 Å². The summed E-state index contributed by atoms with van der Waals surface area (Å²) in [5.41, 5.74) is 3.56. The highest BCUT2D eigenvalue weighted by atomic mass is 79.9. The fourth-order valence-electron chi connectivity index (χ4n) is 1.61. The fourth-order valence-corrected chi connectivity index (χ4v) is 2.84. The van der Waals surface area contributed by atoms with Crippen molar-refractivity contribution in [2.75, 3.05) is 0 Å². The van der Waals surface area contributed by atoms with E-state index in [4.69, 9.17) is 10.6 Å². The van der Waals surface area contributed by atoms with E-state index < -0.39 is 0 Å². The standard InChI is InChI=1S/C14H12Br2N2O2/c15-11-2-1-3-12(16)13(11)20-8-9-4-6-10(7-5-9)14(19)18-17/h1-7H,8,17H2,(H,18,19). The first-order valence-corrected chi connectivity index (χ1v) is 7.37. The summed E-state index contributed by atoms with van der Waals surface area (Å²) < 4.78 is 7.52. The first kappa shape index (κ1) is 15.0. The molecule has 0 spiro atoms. The van der Waals surface area contributed by atoms with Crippen molar-refractivity contribution in [1.29, 1.82) is 0 Å². The first-order chi connectivity index (χ1) is 9.61. The number of hydrogen-bond donors (Lipinski definition) is 2. The lowest BCUT2D eigenvalue weighted by molar-refractivity contribution is 0.0953. The minimum atomic E-state index is -0.314. The van der Waals surface area contributed by atoms with E-state index in [1.54, 1.807) is 12.1 Å². The van der Waals surface area contributed by atoms with E-state index in [-0.39, 0.29) is 5.91 Å². The number of halogens is 2. The molecule has 0 radical (unpaired) electrons. The van der Waals surface area contributed by atoms with Crippen molar-refractivity contribution in [2.45, 2.75) is 6.61 Å². The van der Waals surface area contributed by atoms with E-state index >= 15 is 0 Å². The molecule has 2 aromatic carbocycles. The van der Waals surface area contributed by atoms with Gasteiger partial charge in [-0.2, -0.15) is 0 Å². The maximum atomic E-state index is 11.3. The maximum absolute atomic E-state index is 11.3. The van der Waals surface area contributed by atoms with E-state index in [2.05, 4.69) is 37.3 Å². The Labute approximate surface area is 133 Å². The number of carbonyl (C=O) groups is 1. The second kappa shape index (κ2) is 6.88. The van der Waals surface area contributed by atoms with Crippen LogP contribution in [0, 0.1) is 0 Å². The van der Waals surface area contributed by atoms with Gasteiger partial charge in [-0.15, -0.1) is 0 Å². The lowest BCUT2D eigenvalue weighted by atomic mass is 10.1. The number of carbonyl (C=O) groups excluding carboxylic acids is 1. The van der Waals surface area contributed by atoms with Gasteiger partial charge in [0, 0.05) is 5.56 Å². The molecule has 104 valence electrons. The van der Waals surface area contributed by atoms with Crippen molar-refractivity contribution < 1.29 is 9.53 Å². The number of nitrogen functional groups attached to an aromatic ring is 1. The molecule has 0 heterocycles. The van der Waals surface area contributed by atoms with Gasteiger partial charge in [0.2, 0.25) is 0 Å². The number of rotatable bonds is 4. The minimum absolute atomic E-state index is 0.314. The summed E-state index contributed by atoms with van der Waals surface area (Å²) in [6.45, 7) is 0.408. The SMILES string of the molecule is NNC(=O)c1ccc(COc2c(Br)cccc2Br)cc1. The molecule has 0 aliphatic rings. The number of hydrazine groups is 1. The van der Waals surface area contributed by atoms with Crippen LogP contribution < -0.4 is 16.0 Å². The third kappa shape index (κ3) is 3.59. The van der Waals surface area contributed by atoms with E-state index in [1.165, 1.54) is 0 Å². The van der Waals surface area contributed by atoms with Gasteiger partial charge >= 0.3 is 0 Å². The smallest absolute Gasteiger partial charge is 0.265 e. The van der Waals surface area contributed by atoms with Crippen molar-refractivity contribution in [2.24, 2.45) is 5.84 Å². The van der Waals surface area contributed by atoms with Gasteiger partial charge in [-0.1, -0.05) is 18.2 Å². The molecule has 1 amide bonds. The van der Waals surface area contributed by atoms with Crippen molar-refractivity contribution in [3.63, 3.8) is 0 Å². The van der Waals surface area contributed by atoms with Gasteiger partial charge in [-0.25, -0.2) is 5.84 Å². The van der Waals surface area contributed by atoms with Crippen LogP contribution in [-0.4, -0.2) is 5.91 Å². The normalized spacial score (nSPS) is 10.2. The summed E-state index contributed by atoms with van der Waals surface area (Å²) in [4.78, 5) is 11.3. The molecule has 3 N–H and O–H groups in total. The summed E-state index contributed by atoms with van der Waals surface area (Å²) in [7, 11) is 0. The van der Waals surface area contributed by atoms with E-state index in [1.807, 2.05) is 30.3 Å². The van der Waals surface area contributed by atoms with Gasteiger partial charge in [-0.05, 0) is 61.7 Å². The Hall–Kier alpha value is -1.37. The number of nitrogens with one attached hydrogen (secondary N) is 1. The monoisotopic (exact) mass is 398 g/mol. The van der Waals surface area contributed by atoms with Crippen molar-refractivity contribution >= 4 is 37.8 Å². The van der Waals surface area contributed by atoms with Crippen LogP contribution in [0.5, 0.6) is 5.75 Å². The second-order valence-electron chi connectivity index (χ2n) is 4.01. The first-order valence-electron chi connectivity index (χ1n) is 5.78. The molecule has 0 aliphatic carbocycles. The quantitative estimate of drug-likeness (QED) is 0.470. The summed E-state index contributed by atoms with van der Waals surface area (Å²) >= 11 is 6.88. The molecule has 0 fully saturated rings. The number of nitrogens with two attached hydrogens (primary N) is 1. The predicted molar refractivity (Wildman–Crippen MR) is 84.3 cm³/mol. The van der Waals surface area contributed by atoms with Gasteiger partial charge in [0.05, 0.1) is 8.95 Å². The molecule has 2 rings (SSSR count). The summed E-state index contributed by atoms with van der Waals surface area (Å²) in [6, 6.07) is 12.8. The maximum Gasteiger partial charge on any atom is 0.265 e. The molecule has 0 saturated heterocycles. The Balaban J connectivity index is 2.06. The average Bonchev–Trinajstić information content (AvgIpc) is 2.46. The Kier molecular flexibility index (Phi) is 5.17. The Morgan fingerprint density at radius 1 is 1.10 bits per heavy atom. The highest BCUT2D eigenvalue weighted by Gasteiger charge is 2.07. The number of benzene rings is 2. The average molecular weight is 400 g/mol. The molecule has 0 aliphatic heterocycles. The molecular weight excluding hydrogens is 388 g/mol. The Bertz CT molecular complexity index is 595. The minimum Gasteiger partial charge on any atom is -0.487 e. The van der Waals surface area contributed by atoms with Crippen LogP contribution in [0.3, 0.4) is 0 Å². The van der Waals surface area contributed by atoms with Crippen LogP contribution >= 0.6 is 31.9 Å². The molecule has 20 heavy (non-hydrogen) atoms. The number of ether oxygens (including phenoxy) is 1. The van der Waals surface area contributed by atoms with E-state index in [0.29, 0.717) is 12.2 Å². The molecule has 0 unspecified atom stereocenters. The molecule has 2 aromatic rings. The molecular formula is C14H12Br2N2O2. The molecule has 0 saturated carbocycles. The third-order valence-electron chi connectivity index (χ3n) is 2.65. The van der Waals surface area contributed by atoms with Crippen molar-refractivity contribution in [3.05, 3.63) is 62.5 Å². The Morgan fingerprint density at radius 2 is 1.70 bits per heavy atom. The molecule has 6 heteroatoms. The van der Waals surface area contributed by atoms with Crippen LogP contribution in [0.4, 0.5) is 0 Å². The van der Waals surface area contributed by atoms with Crippen LogP contribution in [0.25, 0.3) is 0 Å². The fraction of sp³-hybridized carbons (Fsp3) is 0.0714. The highest BCUT2D eigenvalue weighted by molar-refractivity contribution is 9.11. The lowest BCUT2D eigenvalue weighted by Gasteiger charge is -2.10. The van der Waals surface area contributed by atoms with Crippen LogP contribution in [0.1, 0.15) is 15.9 Å². The number of hydrogen-bond acceptors (Lipinski definition) is 3. The largest absolute Gasteiger partial charge is 0.487 e. The van der Waals surface area contributed by atoms with Gasteiger partial charge < -0.3 is 4.74 Å². The second-order valence-corrected chi connectivity index (χ2v) is 5.72. The zero-order valence-corrected chi connectivity index (χ0v) is 13.6. The lowest BCUT2D eigenvalue weighted by Crippen LogP contribution is -2.29. The van der Waals surface area contributed by atoms with E-state index in [0.717, 1.165) is 20.3 Å². The van der Waals surface area contributed by atoms with Gasteiger partial charge in [-0.3, -0.25) is 10.2 Å². The third-order valence-corrected chi connectivity index (χ3v) is 3.90. The molecule has 0 bridgehead atoms. The predicted octanol–water partition coefficient (Wildman–Crippen LogP) is 3.39. The summed E-state index contributed by atoms with van der Waals surface area (Å²) in [5.74, 6) is 5.51. The van der Waals surface area contributed by atoms with Crippen LogP contribution in [0.2, 0.25) is 0 Å². The van der Waals surface area contributed by atoms with Crippen molar-refractivity contribution in [1.82, 2.24) is 5.43 Å². The highest BCUT2D eigenvalue weighted by Crippen LogP contribution is 2.33. The van der Waals surface area contributed by atoms with Crippen LogP contribution in [0.15, 0.2) is 51.4 Å². The van der Waals surface area contributed by atoms with Gasteiger partial charge in [0.1, 0.15) is 12.4 Å². The molecule has 0 aromatic heterocycles. The number of amides is 1. The van der Waals surface area contributed by atoms with Crippen molar-refractivity contribution in [3.8, 4) is 5.75 Å². The molecule has 0 atom stereocenters. The topological polar surface area (TPSA) is 64.3 Å². The zero-order chi connectivity index (χ0) is 14.5. The van der Waals surface area contributed by atoms with E-state index in [9.17, 15) is 4.79 Å². The molecule has 4 nitrogen and oxygen atoms in total. The zero-order valence-electron chi connectivity index (χ0n) is 10.4. The Morgan fingerprint density at radius 3 is 2.25 bits per heavy atom. The number of para-hydroxylation sites is 1.